The lowest BCUT2D eigenvalue weighted by molar-refractivity contribution is 0.540. The van der Waals surface area contributed by atoms with Gasteiger partial charge in [-0.3, -0.25) is 0 Å². The lowest BCUT2D eigenvalue weighted by Gasteiger charge is -1.88. The molecule has 3 heteroatoms. The Morgan fingerprint density at radius 2 is 1.91 bits per heavy atom. The molecule has 0 aromatic rings. The van der Waals surface area contributed by atoms with Crippen molar-refractivity contribution in [2.24, 2.45) is 0 Å². The van der Waals surface area contributed by atoms with Gasteiger partial charge < -0.3 is 0 Å². The Morgan fingerprint density at radius 3 is 2.27 bits per heavy atom. The van der Waals surface area contributed by atoms with Crippen molar-refractivity contribution in [2.75, 3.05) is 0 Å². The second kappa shape index (κ2) is 4.77. The molecular weight excluding hydrogens is 153 g/mol. The average molecular weight is 162 g/mol. The van der Waals surface area contributed by atoms with Crippen LogP contribution in [0.15, 0.2) is 36.2 Å². The summed E-state index contributed by atoms with van der Waals surface area (Å²) in [5.41, 5.74) is 0. The van der Waals surface area contributed by atoms with Gasteiger partial charge >= 0.3 is 0 Å². The molecule has 0 aliphatic rings. The molecule has 0 spiro atoms. The largest absolute Gasteiger partial charge is 0.207 e. The Kier molecular flexibility index (Phi) is 4.34. The van der Waals surface area contributed by atoms with Crippen molar-refractivity contribution >= 4 is 0 Å². The van der Waals surface area contributed by atoms with Crippen molar-refractivity contribution in [1.82, 2.24) is 0 Å². The van der Waals surface area contributed by atoms with E-state index in [2.05, 4.69) is 6.58 Å². The molecule has 11 heavy (non-hydrogen) atoms. The van der Waals surface area contributed by atoms with E-state index in [9.17, 15) is 13.2 Å². The van der Waals surface area contributed by atoms with E-state index < -0.39 is 17.5 Å². The Hall–Kier alpha value is -0.990. The number of hydrogen-bond acceptors (Lipinski definition) is 0. The van der Waals surface area contributed by atoms with Gasteiger partial charge in [-0.05, 0) is 12.5 Å². The Bertz CT molecular complexity index is 201. The van der Waals surface area contributed by atoms with Crippen LogP contribution in [0.5, 0.6) is 0 Å². The van der Waals surface area contributed by atoms with Gasteiger partial charge in [0.1, 0.15) is 5.83 Å². The third-order valence-electron chi connectivity index (χ3n) is 0.923. The zero-order valence-electron chi connectivity index (χ0n) is 6.20. The lowest BCUT2D eigenvalue weighted by Crippen LogP contribution is -1.73. The quantitative estimate of drug-likeness (QED) is 0.556. The van der Waals surface area contributed by atoms with Gasteiger partial charge in [0.2, 0.25) is 0 Å². The predicted octanol–water partition coefficient (Wildman–Crippen LogP) is 3.59. The Labute approximate surface area is 63.7 Å². The van der Waals surface area contributed by atoms with Crippen molar-refractivity contribution in [3.05, 3.63) is 36.2 Å². The number of halogens is 3. The summed E-state index contributed by atoms with van der Waals surface area (Å²) < 4.78 is 36.4. The van der Waals surface area contributed by atoms with E-state index >= 15 is 0 Å². The summed E-state index contributed by atoms with van der Waals surface area (Å²) >= 11 is 0. The van der Waals surface area contributed by atoms with Crippen LogP contribution in [-0.4, -0.2) is 0 Å². The van der Waals surface area contributed by atoms with Crippen molar-refractivity contribution < 1.29 is 13.2 Å². The Balaban J connectivity index is 4.30. The zero-order valence-corrected chi connectivity index (χ0v) is 6.20. The Morgan fingerprint density at radius 1 is 1.36 bits per heavy atom. The van der Waals surface area contributed by atoms with Gasteiger partial charge in [0.25, 0.3) is 0 Å². The minimum absolute atomic E-state index is 0.439. The molecule has 0 saturated carbocycles. The highest BCUT2D eigenvalue weighted by atomic mass is 19.2. The summed E-state index contributed by atoms with van der Waals surface area (Å²) in [6.07, 6.45) is 2.04. The minimum atomic E-state index is -1.27. The van der Waals surface area contributed by atoms with Gasteiger partial charge in [0, 0.05) is 6.08 Å². The number of allylic oxidation sites excluding steroid dienone is 5. The lowest BCUT2D eigenvalue weighted by atomic mass is 10.3. The third kappa shape index (κ3) is 4.42. The standard InChI is InChI=1S/C8H9F3/c1-3-4-7(10)5-8(11)6(2)9/h4-5H,2-3H2,1H3. The normalized spacial score (nSPS) is 13.5. The summed E-state index contributed by atoms with van der Waals surface area (Å²) in [6.45, 7) is 4.35. The third-order valence-corrected chi connectivity index (χ3v) is 0.923. The first-order chi connectivity index (χ1) is 5.07. The molecule has 0 aromatic heterocycles. The van der Waals surface area contributed by atoms with E-state index in [4.69, 9.17) is 0 Å². The second-order valence-electron chi connectivity index (χ2n) is 1.89. The van der Waals surface area contributed by atoms with E-state index in [1.165, 1.54) is 0 Å². The molecule has 0 N–H and O–H groups in total. The summed E-state index contributed by atoms with van der Waals surface area (Å²) in [4.78, 5) is 0. The maximum Gasteiger partial charge on any atom is 0.161 e. The van der Waals surface area contributed by atoms with Gasteiger partial charge in [-0.25, -0.2) is 13.2 Å². The number of rotatable bonds is 3. The molecule has 0 aromatic carbocycles. The van der Waals surface area contributed by atoms with E-state index in [0.29, 0.717) is 12.5 Å². The summed E-state index contributed by atoms with van der Waals surface area (Å²) in [7, 11) is 0. The first-order valence-electron chi connectivity index (χ1n) is 3.15. The first kappa shape index (κ1) is 10.0. The smallest absolute Gasteiger partial charge is 0.161 e. The minimum Gasteiger partial charge on any atom is -0.207 e. The fourth-order valence-electron chi connectivity index (χ4n) is 0.453. The van der Waals surface area contributed by atoms with E-state index in [-0.39, 0.29) is 0 Å². The maximum absolute atomic E-state index is 12.4. The molecule has 0 amide bonds. The summed E-state index contributed by atoms with van der Waals surface area (Å²) in [5.74, 6) is -3.32. The maximum atomic E-state index is 12.4. The highest BCUT2D eigenvalue weighted by Crippen LogP contribution is 2.14. The van der Waals surface area contributed by atoms with Crippen molar-refractivity contribution in [1.29, 1.82) is 0 Å². The topological polar surface area (TPSA) is 0 Å². The fourth-order valence-corrected chi connectivity index (χ4v) is 0.453. The molecule has 0 fully saturated rings. The molecule has 0 unspecified atom stereocenters. The van der Waals surface area contributed by atoms with E-state index in [0.717, 1.165) is 6.08 Å². The predicted molar refractivity (Wildman–Crippen MR) is 38.9 cm³/mol. The first-order valence-corrected chi connectivity index (χ1v) is 3.15. The molecule has 0 heterocycles. The van der Waals surface area contributed by atoms with Gasteiger partial charge in [0.15, 0.2) is 11.7 Å². The molecule has 0 nitrogen and oxygen atoms in total. The molecule has 0 aliphatic carbocycles. The molecule has 0 rings (SSSR count). The van der Waals surface area contributed by atoms with Crippen molar-refractivity contribution in [3.63, 3.8) is 0 Å². The molecule has 0 aliphatic heterocycles. The highest BCUT2D eigenvalue weighted by molar-refractivity contribution is 5.23. The fraction of sp³-hybridized carbons (Fsp3) is 0.250. The zero-order chi connectivity index (χ0) is 8.85. The van der Waals surface area contributed by atoms with Crippen LogP contribution in [0.25, 0.3) is 0 Å². The van der Waals surface area contributed by atoms with E-state index in [1.807, 2.05) is 0 Å². The van der Waals surface area contributed by atoms with Crippen LogP contribution in [0.4, 0.5) is 13.2 Å². The van der Waals surface area contributed by atoms with Crippen LogP contribution in [0, 0.1) is 0 Å². The molecule has 62 valence electrons. The van der Waals surface area contributed by atoms with Gasteiger partial charge in [-0.1, -0.05) is 13.5 Å². The SMILES string of the molecule is C=C(F)C(F)=CC(F)=CCC. The van der Waals surface area contributed by atoms with Crippen LogP contribution < -0.4 is 0 Å². The van der Waals surface area contributed by atoms with Gasteiger partial charge in [-0.15, -0.1) is 0 Å². The molecular formula is C8H9F3. The van der Waals surface area contributed by atoms with E-state index in [1.54, 1.807) is 6.92 Å². The second-order valence-corrected chi connectivity index (χ2v) is 1.89. The van der Waals surface area contributed by atoms with Gasteiger partial charge in [0.05, 0.1) is 0 Å². The molecule has 0 radical (unpaired) electrons. The van der Waals surface area contributed by atoms with Crippen LogP contribution in [0.2, 0.25) is 0 Å². The summed E-state index contributed by atoms with van der Waals surface area (Å²) in [6, 6.07) is 0. The average Bonchev–Trinajstić information content (AvgIpc) is 1.87. The molecule has 0 bridgehead atoms. The van der Waals surface area contributed by atoms with Crippen LogP contribution >= 0.6 is 0 Å². The highest BCUT2D eigenvalue weighted by Gasteiger charge is 1.99. The van der Waals surface area contributed by atoms with Crippen LogP contribution in [0.1, 0.15) is 13.3 Å². The number of hydrogen-bond donors (Lipinski definition) is 0. The monoisotopic (exact) mass is 162 g/mol. The van der Waals surface area contributed by atoms with Crippen LogP contribution in [0.3, 0.4) is 0 Å². The summed E-state index contributed by atoms with van der Waals surface area (Å²) in [5, 5.41) is 0. The van der Waals surface area contributed by atoms with Crippen molar-refractivity contribution in [3.8, 4) is 0 Å². The van der Waals surface area contributed by atoms with Gasteiger partial charge in [-0.2, -0.15) is 0 Å². The molecule has 0 saturated heterocycles. The van der Waals surface area contributed by atoms with Crippen molar-refractivity contribution in [2.45, 2.75) is 13.3 Å². The molecule has 0 atom stereocenters. The van der Waals surface area contributed by atoms with Crippen LogP contribution in [-0.2, 0) is 0 Å².